The molecule has 2 aliphatic rings. The zero-order valence-corrected chi connectivity index (χ0v) is 12.1. The summed E-state index contributed by atoms with van der Waals surface area (Å²) in [6.45, 7) is 5.52. The van der Waals surface area contributed by atoms with Gasteiger partial charge in [-0.3, -0.25) is 0 Å². The van der Waals surface area contributed by atoms with Crippen molar-refractivity contribution < 1.29 is 4.74 Å². The van der Waals surface area contributed by atoms with Crippen LogP contribution in [0.1, 0.15) is 57.6 Å². The Hall–Kier alpha value is -1.02. The molecule has 0 radical (unpaired) electrons. The first-order valence-corrected chi connectivity index (χ1v) is 7.77. The van der Waals surface area contributed by atoms with Gasteiger partial charge in [-0.25, -0.2) is 0 Å². The van der Waals surface area contributed by atoms with Gasteiger partial charge in [0.2, 0.25) is 0 Å². The molecule has 1 saturated carbocycles. The molecule has 1 N–H and O–H groups in total. The first-order chi connectivity index (χ1) is 9.26. The van der Waals surface area contributed by atoms with Crippen LogP contribution in [0.5, 0.6) is 5.75 Å². The minimum atomic E-state index is 0.0991. The fraction of sp³-hybridized carbons (Fsp3) is 0.647. The predicted molar refractivity (Wildman–Crippen MR) is 78.5 cm³/mol. The van der Waals surface area contributed by atoms with E-state index in [0.29, 0.717) is 6.04 Å². The number of para-hydroxylation sites is 1. The van der Waals surface area contributed by atoms with Crippen LogP contribution >= 0.6 is 0 Å². The van der Waals surface area contributed by atoms with Gasteiger partial charge >= 0.3 is 0 Å². The summed E-state index contributed by atoms with van der Waals surface area (Å²) in [4.78, 5) is 0. The standard InChI is InChI=1S/C17H25NO/c1-3-13-9-10-17(11-13)12-15(18-4-2)14-7-5-6-8-16(14)19-17/h5-8,13,15,18H,3-4,9-12H2,1-2H3. The van der Waals surface area contributed by atoms with Gasteiger partial charge in [0.1, 0.15) is 11.4 Å². The molecule has 1 aliphatic heterocycles. The molecule has 1 aromatic rings. The third-order valence-electron chi connectivity index (χ3n) is 4.89. The molecule has 1 heterocycles. The molecule has 19 heavy (non-hydrogen) atoms. The van der Waals surface area contributed by atoms with Crippen molar-refractivity contribution in [2.45, 2.75) is 57.6 Å². The van der Waals surface area contributed by atoms with Crippen molar-refractivity contribution in [1.29, 1.82) is 0 Å². The van der Waals surface area contributed by atoms with Gasteiger partial charge in [0.05, 0.1) is 0 Å². The maximum absolute atomic E-state index is 6.45. The van der Waals surface area contributed by atoms with Crippen LogP contribution in [0.3, 0.4) is 0 Å². The van der Waals surface area contributed by atoms with Crippen molar-refractivity contribution >= 4 is 0 Å². The normalized spacial score (nSPS) is 33.2. The number of nitrogens with one attached hydrogen (secondary N) is 1. The van der Waals surface area contributed by atoms with Crippen LogP contribution < -0.4 is 10.1 Å². The number of benzene rings is 1. The van der Waals surface area contributed by atoms with E-state index in [1.165, 1.54) is 31.2 Å². The van der Waals surface area contributed by atoms with Crippen LogP contribution in [0.25, 0.3) is 0 Å². The van der Waals surface area contributed by atoms with Crippen LogP contribution in [0, 0.1) is 5.92 Å². The molecule has 3 rings (SSSR count). The second-order valence-electron chi connectivity index (χ2n) is 6.15. The van der Waals surface area contributed by atoms with Gasteiger partial charge < -0.3 is 10.1 Å². The summed E-state index contributed by atoms with van der Waals surface area (Å²) >= 11 is 0. The summed E-state index contributed by atoms with van der Waals surface area (Å²) in [6, 6.07) is 9.02. The Balaban J connectivity index is 1.88. The third-order valence-corrected chi connectivity index (χ3v) is 4.89. The highest BCUT2D eigenvalue weighted by Crippen LogP contribution is 2.49. The lowest BCUT2D eigenvalue weighted by Gasteiger charge is -2.40. The van der Waals surface area contributed by atoms with Crippen LogP contribution in [-0.2, 0) is 0 Å². The van der Waals surface area contributed by atoms with E-state index in [2.05, 4.69) is 43.4 Å². The Morgan fingerprint density at radius 3 is 2.84 bits per heavy atom. The molecule has 0 bridgehead atoms. The van der Waals surface area contributed by atoms with Gasteiger partial charge in [-0.15, -0.1) is 0 Å². The molecule has 1 fully saturated rings. The summed E-state index contributed by atoms with van der Waals surface area (Å²) < 4.78 is 6.45. The Kier molecular flexibility index (Phi) is 3.53. The first kappa shape index (κ1) is 13.0. The SMILES string of the molecule is CCNC1CC2(CCC(CC)C2)Oc2ccccc21. The number of hydrogen-bond acceptors (Lipinski definition) is 2. The van der Waals surface area contributed by atoms with Crippen molar-refractivity contribution in [3.8, 4) is 5.75 Å². The summed E-state index contributed by atoms with van der Waals surface area (Å²) in [6.07, 6.45) is 6.21. The van der Waals surface area contributed by atoms with E-state index in [9.17, 15) is 0 Å². The maximum Gasteiger partial charge on any atom is 0.124 e. The molecule has 2 heteroatoms. The van der Waals surface area contributed by atoms with E-state index in [4.69, 9.17) is 4.74 Å². The van der Waals surface area contributed by atoms with E-state index in [1.54, 1.807) is 0 Å². The molecular formula is C17H25NO. The van der Waals surface area contributed by atoms with Crippen LogP contribution in [0.4, 0.5) is 0 Å². The minimum absolute atomic E-state index is 0.0991. The van der Waals surface area contributed by atoms with E-state index in [1.807, 2.05) is 0 Å². The van der Waals surface area contributed by atoms with Gasteiger partial charge in [-0.2, -0.15) is 0 Å². The molecule has 2 nitrogen and oxygen atoms in total. The lowest BCUT2D eigenvalue weighted by Crippen LogP contribution is -2.42. The first-order valence-electron chi connectivity index (χ1n) is 7.77. The summed E-state index contributed by atoms with van der Waals surface area (Å²) in [5.41, 5.74) is 1.44. The van der Waals surface area contributed by atoms with Crippen molar-refractivity contribution in [2.24, 2.45) is 5.92 Å². The number of ether oxygens (including phenoxy) is 1. The number of fused-ring (bicyclic) bond motifs is 1. The molecule has 3 atom stereocenters. The topological polar surface area (TPSA) is 21.3 Å². The van der Waals surface area contributed by atoms with Crippen molar-refractivity contribution in [2.75, 3.05) is 6.54 Å². The average molecular weight is 259 g/mol. The molecule has 3 unspecified atom stereocenters. The highest BCUT2D eigenvalue weighted by Gasteiger charge is 2.45. The van der Waals surface area contributed by atoms with Crippen LogP contribution in [-0.4, -0.2) is 12.1 Å². The Morgan fingerprint density at radius 1 is 1.26 bits per heavy atom. The van der Waals surface area contributed by atoms with Gasteiger partial charge in [-0.1, -0.05) is 38.5 Å². The van der Waals surface area contributed by atoms with Crippen molar-refractivity contribution in [3.63, 3.8) is 0 Å². The molecule has 1 spiro atoms. The van der Waals surface area contributed by atoms with Crippen molar-refractivity contribution in [1.82, 2.24) is 5.32 Å². The Morgan fingerprint density at radius 2 is 2.11 bits per heavy atom. The third kappa shape index (κ3) is 2.38. The highest BCUT2D eigenvalue weighted by atomic mass is 16.5. The lowest BCUT2D eigenvalue weighted by atomic mass is 9.85. The monoisotopic (exact) mass is 259 g/mol. The highest BCUT2D eigenvalue weighted by molar-refractivity contribution is 5.39. The quantitative estimate of drug-likeness (QED) is 0.883. The van der Waals surface area contributed by atoms with Gasteiger partial charge in [0.15, 0.2) is 0 Å². The smallest absolute Gasteiger partial charge is 0.124 e. The molecule has 0 saturated heterocycles. The molecular weight excluding hydrogens is 234 g/mol. The van der Waals surface area contributed by atoms with Gasteiger partial charge in [0, 0.05) is 18.0 Å². The largest absolute Gasteiger partial charge is 0.487 e. The average Bonchev–Trinajstić information content (AvgIpc) is 2.82. The summed E-state index contributed by atoms with van der Waals surface area (Å²) in [7, 11) is 0. The van der Waals surface area contributed by atoms with E-state index < -0.39 is 0 Å². The number of hydrogen-bond donors (Lipinski definition) is 1. The second-order valence-corrected chi connectivity index (χ2v) is 6.15. The van der Waals surface area contributed by atoms with Gasteiger partial charge in [0.25, 0.3) is 0 Å². The zero-order chi connectivity index (χ0) is 13.3. The molecule has 0 aromatic heterocycles. The fourth-order valence-corrected chi connectivity index (χ4v) is 3.87. The van der Waals surface area contributed by atoms with E-state index in [-0.39, 0.29) is 5.60 Å². The van der Waals surface area contributed by atoms with E-state index >= 15 is 0 Å². The minimum Gasteiger partial charge on any atom is -0.487 e. The predicted octanol–water partition coefficient (Wildman–Crippen LogP) is 4.07. The maximum atomic E-state index is 6.45. The Labute approximate surface area is 116 Å². The summed E-state index contributed by atoms with van der Waals surface area (Å²) in [5.74, 6) is 1.96. The molecule has 0 amide bonds. The zero-order valence-electron chi connectivity index (χ0n) is 12.1. The van der Waals surface area contributed by atoms with Crippen LogP contribution in [0.15, 0.2) is 24.3 Å². The lowest BCUT2D eigenvalue weighted by molar-refractivity contribution is 0.0330. The molecule has 104 valence electrons. The summed E-state index contributed by atoms with van der Waals surface area (Å²) in [5, 5.41) is 3.64. The number of rotatable bonds is 3. The van der Waals surface area contributed by atoms with Crippen molar-refractivity contribution in [3.05, 3.63) is 29.8 Å². The molecule has 1 aromatic carbocycles. The molecule has 1 aliphatic carbocycles. The van der Waals surface area contributed by atoms with Crippen LogP contribution in [0.2, 0.25) is 0 Å². The van der Waals surface area contributed by atoms with E-state index in [0.717, 1.165) is 24.6 Å². The van der Waals surface area contributed by atoms with Gasteiger partial charge in [-0.05, 0) is 37.8 Å². The Bertz CT molecular complexity index is 445. The fourth-order valence-electron chi connectivity index (χ4n) is 3.87. The second kappa shape index (κ2) is 5.16.